The zero-order valence-electron chi connectivity index (χ0n) is 10.3. The number of carbonyl (C=O) groups excluding carboxylic acids is 1. The first-order chi connectivity index (χ1) is 7.37. The SMILES string of the molecule is CC(=O)C=Cc1ccc(OC(C)(C)C)cc1. The van der Waals surface area contributed by atoms with Gasteiger partial charge in [-0.15, -0.1) is 0 Å². The Morgan fingerprint density at radius 3 is 2.19 bits per heavy atom. The Bertz CT molecular complexity index is 380. The third kappa shape index (κ3) is 4.78. The van der Waals surface area contributed by atoms with Crippen molar-refractivity contribution in [2.75, 3.05) is 0 Å². The van der Waals surface area contributed by atoms with Crippen LogP contribution in [-0.2, 0) is 4.79 Å². The van der Waals surface area contributed by atoms with Crippen LogP contribution in [0.25, 0.3) is 6.08 Å². The number of carbonyl (C=O) groups is 1. The second-order valence-electron chi connectivity index (χ2n) is 4.73. The van der Waals surface area contributed by atoms with Crippen LogP contribution in [0.4, 0.5) is 0 Å². The van der Waals surface area contributed by atoms with Gasteiger partial charge in [-0.05, 0) is 51.5 Å². The minimum absolute atomic E-state index is 0.0509. The maximum absolute atomic E-state index is 10.8. The number of benzene rings is 1. The average molecular weight is 218 g/mol. The van der Waals surface area contributed by atoms with Gasteiger partial charge in [0.1, 0.15) is 11.4 Å². The van der Waals surface area contributed by atoms with E-state index in [2.05, 4.69) is 0 Å². The predicted octanol–water partition coefficient (Wildman–Crippen LogP) is 3.47. The lowest BCUT2D eigenvalue weighted by Crippen LogP contribution is -2.22. The summed E-state index contributed by atoms with van der Waals surface area (Å²) in [5.41, 5.74) is 0.813. The largest absolute Gasteiger partial charge is 0.488 e. The van der Waals surface area contributed by atoms with Gasteiger partial charge in [0.05, 0.1) is 0 Å². The van der Waals surface area contributed by atoms with E-state index in [9.17, 15) is 4.79 Å². The van der Waals surface area contributed by atoms with E-state index in [0.29, 0.717) is 0 Å². The topological polar surface area (TPSA) is 26.3 Å². The maximum atomic E-state index is 10.8. The van der Waals surface area contributed by atoms with Crippen molar-refractivity contribution in [1.29, 1.82) is 0 Å². The fourth-order valence-electron chi connectivity index (χ4n) is 1.21. The molecule has 2 nitrogen and oxygen atoms in total. The van der Waals surface area contributed by atoms with Crippen LogP contribution in [0.1, 0.15) is 33.3 Å². The van der Waals surface area contributed by atoms with Crippen LogP contribution in [0.2, 0.25) is 0 Å². The summed E-state index contributed by atoms with van der Waals surface area (Å²) < 4.78 is 5.69. The predicted molar refractivity (Wildman–Crippen MR) is 66.5 cm³/mol. The zero-order chi connectivity index (χ0) is 12.2. The van der Waals surface area contributed by atoms with Crippen molar-refractivity contribution in [3.63, 3.8) is 0 Å². The van der Waals surface area contributed by atoms with Gasteiger partial charge < -0.3 is 4.74 Å². The van der Waals surface area contributed by atoms with E-state index in [1.54, 1.807) is 12.2 Å². The van der Waals surface area contributed by atoms with Gasteiger partial charge in [-0.2, -0.15) is 0 Å². The molecule has 0 aliphatic rings. The summed E-state index contributed by atoms with van der Waals surface area (Å²) in [6, 6.07) is 7.68. The molecule has 0 aliphatic carbocycles. The van der Waals surface area contributed by atoms with Crippen molar-refractivity contribution < 1.29 is 9.53 Å². The monoisotopic (exact) mass is 218 g/mol. The Hall–Kier alpha value is -1.57. The second-order valence-corrected chi connectivity index (χ2v) is 4.73. The van der Waals surface area contributed by atoms with Crippen molar-refractivity contribution in [3.05, 3.63) is 35.9 Å². The van der Waals surface area contributed by atoms with Gasteiger partial charge >= 0.3 is 0 Å². The third-order valence-electron chi connectivity index (χ3n) is 1.81. The van der Waals surface area contributed by atoms with E-state index in [1.807, 2.05) is 45.0 Å². The zero-order valence-corrected chi connectivity index (χ0v) is 10.3. The molecule has 0 heterocycles. The van der Waals surface area contributed by atoms with E-state index in [0.717, 1.165) is 11.3 Å². The number of rotatable bonds is 3. The lowest BCUT2D eigenvalue weighted by molar-refractivity contribution is -0.112. The second kappa shape index (κ2) is 4.97. The molecule has 0 spiro atoms. The fourth-order valence-corrected chi connectivity index (χ4v) is 1.21. The standard InChI is InChI=1S/C14H18O2/c1-11(15)5-6-12-7-9-13(10-8-12)16-14(2,3)4/h5-10H,1-4H3. The third-order valence-corrected chi connectivity index (χ3v) is 1.81. The van der Waals surface area contributed by atoms with Crippen LogP contribution in [-0.4, -0.2) is 11.4 Å². The molecule has 0 bridgehead atoms. The minimum Gasteiger partial charge on any atom is -0.488 e. The smallest absolute Gasteiger partial charge is 0.152 e. The Kier molecular flexibility index (Phi) is 3.88. The molecule has 1 aromatic rings. The number of ketones is 1. The van der Waals surface area contributed by atoms with Crippen LogP contribution in [0, 0.1) is 0 Å². The Balaban J connectivity index is 2.72. The van der Waals surface area contributed by atoms with Crippen molar-refractivity contribution in [3.8, 4) is 5.75 Å². The van der Waals surface area contributed by atoms with Crippen LogP contribution in [0.15, 0.2) is 30.3 Å². The average Bonchev–Trinajstić information content (AvgIpc) is 2.14. The summed E-state index contributed by atoms with van der Waals surface area (Å²) in [5.74, 6) is 0.891. The van der Waals surface area contributed by atoms with Crippen molar-refractivity contribution in [2.45, 2.75) is 33.3 Å². The molecule has 0 saturated heterocycles. The van der Waals surface area contributed by atoms with Gasteiger partial charge in [0.15, 0.2) is 5.78 Å². The lowest BCUT2D eigenvalue weighted by Gasteiger charge is -2.21. The Labute approximate surface area is 96.9 Å². The van der Waals surface area contributed by atoms with Gasteiger partial charge in [0.2, 0.25) is 0 Å². The molecule has 0 aromatic heterocycles. The summed E-state index contributed by atoms with van der Waals surface area (Å²) in [6.45, 7) is 7.57. The summed E-state index contributed by atoms with van der Waals surface area (Å²) >= 11 is 0. The first-order valence-corrected chi connectivity index (χ1v) is 5.34. The molecule has 2 heteroatoms. The van der Waals surface area contributed by atoms with E-state index in [4.69, 9.17) is 4.74 Å². The summed E-state index contributed by atoms with van der Waals surface area (Å²) in [5, 5.41) is 0. The molecule has 86 valence electrons. The van der Waals surface area contributed by atoms with Crippen LogP contribution >= 0.6 is 0 Å². The normalized spacial score (nSPS) is 11.8. The molecular weight excluding hydrogens is 200 g/mol. The molecule has 0 saturated carbocycles. The molecule has 0 atom stereocenters. The highest BCUT2D eigenvalue weighted by Crippen LogP contribution is 2.18. The molecule has 0 fully saturated rings. The van der Waals surface area contributed by atoms with E-state index in [-0.39, 0.29) is 11.4 Å². The van der Waals surface area contributed by atoms with Crippen molar-refractivity contribution in [1.82, 2.24) is 0 Å². The first kappa shape index (κ1) is 12.5. The molecule has 0 radical (unpaired) electrons. The van der Waals surface area contributed by atoms with Gasteiger partial charge in [-0.1, -0.05) is 18.2 Å². The highest BCUT2D eigenvalue weighted by molar-refractivity contribution is 5.91. The Morgan fingerprint density at radius 2 is 1.75 bits per heavy atom. The number of ether oxygens (including phenoxy) is 1. The lowest BCUT2D eigenvalue weighted by atomic mass is 10.1. The van der Waals surface area contributed by atoms with Crippen LogP contribution in [0.5, 0.6) is 5.75 Å². The molecule has 1 rings (SSSR count). The molecule has 1 aromatic carbocycles. The molecule has 16 heavy (non-hydrogen) atoms. The van der Waals surface area contributed by atoms with Gasteiger partial charge in [-0.25, -0.2) is 0 Å². The highest BCUT2D eigenvalue weighted by atomic mass is 16.5. The van der Waals surface area contributed by atoms with Gasteiger partial charge in [0.25, 0.3) is 0 Å². The highest BCUT2D eigenvalue weighted by Gasteiger charge is 2.10. The molecule has 0 amide bonds. The van der Waals surface area contributed by atoms with Gasteiger partial charge in [-0.3, -0.25) is 4.79 Å². The molecule has 0 unspecified atom stereocenters. The van der Waals surface area contributed by atoms with E-state index >= 15 is 0 Å². The van der Waals surface area contributed by atoms with Crippen LogP contribution < -0.4 is 4.74 Å². The minimum atomic E-state index is -0.184. The fraction of sp³-hybridized carbons (Fsp3) is 0.357. The number of hydrogen-bond donors (Lipinski definition) is 0. The number of hydrogen-bond acceptors (Lipinski definition) is 2. The van der Waals surface area contributed by atoms with Crippen molar-refractivity contribution >= 4 is 11.9 Å². The quantitative estimate of drug-likeness (QED) is 0.726. The maximum Gasteiger partial charge on any atom is 0.152 e. The van der Waals surface area contributed by atoms with Crippen molar-refractivity contribution in [2.24, 2.45) is 0 Å². The molecule has 0 N–H and O–H groups in total. The first-order valence-electron chi connectivity index (χ1n) is 5.34. The summed E-state index contributed by atoms with van der Waals surface area (Å²) in [7, 11) is 0. The van der Waals surface area contributed by atoms with Gasteiger partial charge in [0, 0.05) is 0 Å². The molecule has 0 aliphatic heterocycles. The van der Waals surface area contributed by atoms with Crippen LogP contribution in [0.3, 0.4) is 0 Å². The Morgan fingerprint density at radius 1 is 1.19 bits per heavy atom. The molecular formula is C14H18O2. The van der Waals surface area contributed by atoms with E-state index < -0.39 is 0 Å². The van der Waals surface area contributed by atoms with E-state index in [1.165, 1.54) is 6.92 Å². The number of allylic oxidation sites excluding steroid dienone is 1. The summed E-state index contributed by atoms with van der Waals surface area (Å²) in [6.07, 6.45) is 3.35. The summed E-state index contributed by atoms with van der Waals surface area (Å²) in [4.78, 5) is 10.8.